The highest BCUT2D eigenvalue weighted by atomic mass is 31.2. The molecule has 0 saturated carbocycles. The summed E-state index contributed by atoms with van der Waals surface area (Å²) < 4.78 is 68.8. The van der Waals surface area contributed by atoms with Crippen LogP contribution in [0.15, 0.2) is 0 Å². The second-order valence-electron chi connectivity index (χ2n) is 30.7. The van der Waals surface area contributed by atoms with Gasteiger partial charge >= 0.3 is 39.5 Å². The zero-order valence-electron chi connectivity index (χ0n) is 66.4. The Balaban J connectivity index is 5.25. The summed E-state index contributed by atoms with van der Waals surface area (Å²) in [7, 11) is -9.92. The monoisotopic (exact) mass is 1480 g/mol. The molecule has 3 unspecified atom stereocenters. The van der Waals surface area contributed by atoms with E-state index in [0.29, 0.717) is 31.6 Å². The van der Waals surface area contributed by atoms with Crippen molar-refractivity contribution in [2.45, 2.75) is 446 Å². The first-order valence-corrected chi connectivity index (χ1v) is 45.4. The highest BCUT2D eigenvalue weighted by Crippen LogP contribution is 2.45. The van der Waals surface area contributed by atoms with Gasteiger partial charge in [-0.1, -0.05) is 376 Å². The maximum Gasteiger partial charge on any atom is 0.472 e. The summed E-state index contributed by atoms with van der Waals surface area (Å²) in [5.41, 5.74) is 0. The summed E-state index contributed by atoms with van der Waals surface area (Å²) in [6, 6.07) is 0. The van der Waals surface area contributed by atoms with E-state index in [1.54, 1.807) is 0 Å². The van der Waals surface area contributed by atoms with Crippen molar-refractivity contribution in [2.75, 3.05) is 39.6 Å². The third-order valence-electron chi connectivity index (χ3n) is 19.5. The zero-order valence-corrected chi connectivity index (χ0v) is 68.2. The van der Waals surface area contributed by atoms with E-state index in [-0.39, 0.29) is 25.7 Å². The first-order chi connectivity index (χ1) is 48.8. The highest BCUT2D eigenvalue weighted by molar-refractivity contribution is 7.47. The van der Waals surface area contributed by atoms with E-state index in [1.807, 2.05) is 0 Å². The van der Waals surface area contributed by atoms with Crippen LogP contribution in [0.5, 0.6) is 0 Å². The third-order valence-corrected chi connectivity index (χ3v) is 21.4. The van der Waals surface area contributed by atoms with Crippen LogP contribution in [0.4, 0.5) is 0 Å². The van der Waals surface area contributed by atoms with E-state index in [9.17, 15) is 43.2 Å². The van der Waals surface area contributed by atoms with Crippen molar-refractivity contribution in [1.29, 1.82) is 0 Å². The summed E-state index contributed by atoms with van der Waals surface area (Å²) in [6.07, 6.45) is 61.0. The maximum absolute atomic E-state index is 13.1. The van der Waals surface area contributed by atoms with Gasteiger partial charge in [-0.15, -0.1) is 0 Å². The molecule has 19 heteroatoms. The maximum atomic E-state index is 13.1. The van der Waals surface area contributed by atoms with Crippen molar-refractivity contribution in [3.8, 4) is 0 Å². The van der Waals surface area contributed by atoms with Crippen molar-refractivity contribution in [1.82, 2.24) is 0 Å². The fourth-order valence-electron chi connectivity index (χ4n) is 12.6. The Morgan fingerprint density at radius 3 is 0.752 bits per heavy atom. The van der Waals surface area contributed by atoms with Crippen molar-refractivity contribution < 1.29 is 80.2 Å². The quantitative estimate of drug-likeness (QED) is 0.0222. The van der Waals surface area contributed by atoms with E-state index >= 15 is 0 Å². The van der Waals surface area contributed by atoms with Gasteiger partial charge in [-0.2, -0.15) is 0 Å². The van der Waals surface area contributed by atoms with Gasteiger partial charge in [0.1, 0.15) is 19.3 Å². The molecule has 3 N–H and O–H groups in total. The third kappa shape index (κ3) is 74.7. The van der Waals surface area contributed by atoms with Crippen LogP contribution in [0, 0.1) is 17.8 Å². The lowest BCUT2D eigenvalue weighted by molar-refractivity contribution is -0.161. The number of aliphatic hydroxyl groups is 1. The van der Waals surface area contributed by atoms with Crippen LogP contribution in [0.25, 0.3) is 0 Å². The topological polar surface area (TPSA) is 237 Å². The summed E-state index contributed by atoms with van der Waals surface area (Å²) in [4.78, 5) is 73.1. The second kappa shape index (κ2) is 72.3. The molecule has 0 saturated heterocycles. The normalized spacial score (nSPS) is 14.2. The van der Waals surface area contributed by atoms with Gasteiger partial charge in [-0.25, -0.2) is 9.13 Å². The standard InChI is InChI=1S/C82H160O17P2/c1-8-10-11-12-13-14-15-16-17-18-19-25-30-35-42-49-56-63-79(84)92-69-77(98-81(86)65-58-51-43-36-31-26-21-20-24-29-34-41-48-55-62-75(7)9-2)71-96-100(88,89)94-67-76(83)68-95-101(90,91)97-72-78(70-93-80(85)64-57-50-45-38-40-47-54-61-74(5)6)99-82(87)66-59-52-44-37-32-27-22-23-28-33-39-46-53-60-73(3)4/h73-78,83H,8-72H2,1-7H3,(H,88,89)(H,90,91)/t75?,76-,77-,78-/m1/s1. The largest absolute Gasteiger partial charge is 0.472 e. The highest BCUT2D eigenvalue weighted by Gasteiger charge is 2.30. The van der Waals surface area contributed by atoms with E-state index in [1.165, 1.54) is 231 Å². The lowest BCUT2D eigenvalue weighted by Crippen LogP contribution is -2.30. The van der Waals surface area contributed by atoms with Crippen LogP contribution in [0.1, 0.15) is 427 Å². The van der Waals surface area contributed by atoms with Crippen LogP contribution in [-0.2, 0) is 65.4 Å². The second-order valence-corrected chi connectivity index (χ2v) is 33.6. The molecule has 0 aliphatic heterocycles. The smallest absolute Gasteiger partial charge is 0.462 e. The molecule has 0 aliphatic carbocycles. The van der Waals surface area contributed by atoms with Crippen LogP contribution < -0.4 is 0 Å². The molecule has 0 aromatic carbocycles. The van der Waals surface area contributed by atoms with Crippen LogP contribution in [0.2, 0.25) is 0 Å². The van der Waals surface area contributed by atoms with Crippen LogP contribution in [-0.4, -0.2) is 96.7 Å². The van der Waals surface area contributed by atoms with Gasteiger partial charge in [0.2, 0.25) is 0 Å². The number of unbranched alkanes of at least 4 members (excludes halogenated alkanes) is 47. The van der Waals surface area contributed by atoms with Gasteiger partial charge in [-0.3, -0.25) is 37.3 Å². The van der Waals surface area contributed by atoms with E-state index in [4.69, 9.17) is 37.0 Å². The number of rotatable bonds is 80. The molecule has 0 aliphatic rings. The number of hydrogen-bond donors (Lipinski definition) is 3. The Morgan fingerprint density at radius 2 is 0.505 bits per heavy atom. The minimum absolute atomic E-state index is 0.106. The molecule has 0 fully saturated rings. The molecule has 0 spiro atoms. The molecular formula is C82H160O17P2. The Hall–Kier alpha value is -1.94. The average Bonchev–Trinajstić information content (AvgIpc) is 0.954. The van der Waals surface area contributed by atoms with Crippen LogP contribution >= 0.6 is 15.6 Å². The Labute approximate surface area is 619 Å². The Bertz CT molecular complexity index is 1960. The minimum atomic E-state index is -4.96. The van der Waals surface area contributed by atoms with Gasteiger partial charge in [-0.05, 0) is 43.4 Å². The molecular weight excluding hydrogens is 1320 g/mol. The van der Waals surface area contributed by atoms with Gasteiger partial charge in [0, 0.05) is 25.7 Å². The zero-order chi connectivity index (χ0) is 74.4. The molecule has 0 radical (unpaired) electrons. The van der Waals surface area contributed by atoms with Crippen LogP contribution in [0.3, 0.4) is 0 Å². The lowest BCUT2D eigenvalue weighted by atomic mass is 9.99. The molecule has 0 rings (SSSR count). The number of phosphoric acid groups is 2. The number of hydrogen-bond acceptors (Lipinski definition) is 15. The molecule has 0 amide bonds. The molecule has 0 heterocycles. The van der Waals surface area contributed by atoms with Gasteiger partial charge in [0.05, 0.1) is 26.4 Å². The molecule has 0 aromatic rings. The molecule has 101 heavy (non-hydrogen) atoms. The van der Waals surface area contributed by atoms with Gasteiger partial charge in [0.25, 0.3) is 0 Å². The Kier molecular flexibility index (Phi) is 70.9. The van der Waals surface area contributed by atoms with Gasteiger partial charge in [0.15, 0.2) is 12.2 Å². The fraction of sp³-hybridized carbons (Fsp3) is 0.951. The molecule has 6 atom stereocenters. The molecule has 0 aromatic heterocycles. The van der Waals surface area contributed by atoms with Crippen molar-refractivity contribution >= 4 is 39.5 Å². The predicted molar refractivity (Wildman–Crippen MR) is 414 cm³/mol. The van der Waals surface area contributed by atoms with Crippen molar-refractivity contribution in [2.24, 2.45) is 17.8 Å². The van der Waals surface area contributed by atoms with E-state index in [0.717, 1.165) is 108 Å². The number of carbonyl (C=O) groups is 4. The number of aliphatic hydroxyl groups excluding tert-OH is 1. The van der Waals surface area contributed by atoms with Crippen molar-refractivity contribution in [3.63, 3.8) is 0 Å². The predicted octanol–water partition coefficient (Wildman–Crippen LogP) is 24.5. The fourth-order valence-corrected chi connectivity index (χ4v) is 14.2. The number of phosphoric ester groups is 2. The lowest BCUT2D eigenvalue weighted by Gasteiger charge is -2.21. The molecule has 0 bridgehead atoms. The summed E-state index contributed by atoms with van der Waals surface area (Å²) in [5, 5.41) is 10.7. The Morgan fingerprint density at radius 1 is 0.287 bits per heavy atom. The summed E-state index contributed by atoms with van der Waals surface area (Å²) in [5.74, 6) is 0.228. The van der Waals surface area contributed by atoms with E-state index < -0.39 is 97.5 Å². The molecule has 600 valence electrons. The average molecular weight is 1480 g/mol. The summed E-state index contributed by atoms with van der Waals surface area (Å²) >= 11 is 0. The van der Waals surface area contributed by atoms with E-state index in [2.05, 4.69) is 48.5 Å². The van der Waals surface area contributed by atoms with Gasteiger partial charge < -0.3 is 33.8 Å². The number of esters is 4. The number of carbonyl (C=O) groups excluding carboxylic acids is 4. The molecule has 17 nitrogen and oxygen atoms in total. The SMILES string of the molecule is CCCCCCCCCCCCCCCCCCCC(=O)OC[C@H](COP(=O)(O)OC[C@@H](O)COP(=O)(O)OC[C@@H](COC(=O)CCCCCCCCCC(C)C)OC(=O)CCCCCCCCCCCCCCCC(C)C)OC(=O)CCCCCCCCCCCCCCCCC(C)CC. The summed E-state index contributed by atoms with van der Waals surface area (Å²) in [6.45, 7) is 12.0. The first kappa shape index (κ1) is 99.1. The number of ether oxygens (including phenoxy) is 4. The van der Waals surface area contributed by atoms with Crippen molar-refractivity contribution in [3.05, 3.63) is 0 Å². The first-order valence-electron chi connectivity index (χ1n) is 42.4. The minimum Gasteiger partial charge on any atom is -0.462 e.